The molecule has 0 amide bonds. The predicted octanol–water partition coefficient (Wildman–Crippen LogP) is 3.51. The first-order chi connectivity index (χ1) is 13.9. The first-order valence-corrected chi connectivity index (χ1v) is 8.85. The van der Waals surface area contributed by atoms with Gasteiger partial charge in [0.1, 0.15) is 5.76 Å². The van der Waals surface area contributed by atoms with E-state index in [0.717, 1.165) is 17.1 Å². The van der Waals surface area contributed by atoms with Crippen LogP contribution in [-0.4, -0.2) is 9.97 Å². The molecule has 3 heterocycles. The summed E-state index contributed by atoms with van der Waals surface area (Å²) < 4.78 is 7.86. The lowest BCUT2D eigenvalue weighted by Gasteiger charge is -2.12. The van der Waals surface area contributed by atoms with Gasteiger partial charge in [-0.15, -0.1) is 4.98 Å². The topological polar surface area (TPSA) is 50.9 Å². The van der Waals surface area contributed by atoms with Crippen molar-refractivity contribution in [2.45, 2.75) is 0 Å². The fourth-order valence-electron chi connectivity index (χ4n) is 2.62. The van der Waals surface area contributed by atoms with Gasteiger partial charge in [0.05, 0.1) is 23.3 Å². The van der Waals surface area contributed by atoms with Gasteiger partial charge in [0, 0.05) is 18.5 Å². The van der Waals surface area contributed by atoms with Crippen LogP contribution >= 0.6 is 0 Å². The van der Waals surface area contributed by atoms with Crippen LogP contribution in [0.5, 0.6) is 5.88 Å². The first kappa shape index (κ1) is 17.4. The minimum Gasteiger partial charge on any atom is -0.440 e. The van der Waals surface area contributed by atoms with E-state index in [4.69, 9.17) is 4.74 Å². The maximum atomic E-state index is 6.06. The fraction of sp³-hybridized carbons (Fsp3) is 0. The molecular weight excluding hydrogens is 348 g/mol. The minimum absolute atomic E-state index is 0.511. The third-order valence-electron chi connectivity index (χ3n) is 3.92. The number of nitrogens with one attached hydrogen (secondary N) is 1. The Labute approximate surface area is 163 Å². The van der Waals surface area contributed by atoms with Crippen LogP contribution in [0.3, 0.4) is 0 Å². The van der Waals surface area contributed by atoms with Crippen LogP contribution in [0.1, 0.15) is 5.69 Å². The number of hydrogen-bond acceptors (Lipinski definition) is 4. The van der Waals surface area contributed by atoms with Crippen molar-refractivity contribution in [1.82, 2.24) is 15.3 Å². The maximum absolute atomic E-state index is 6.06. The second kappa shape index (κ2) is 8.60. The van der Waals surface area contributed by atoms with Gasteiger partial charge < -0.3 is 14.6 Å². The molecule has 0 saturated heterocycles. The van der Waals surface area contributed by atoms with Crippen molar-refractivity contribution in [1.29, 1.82) is 0 Å². The minimum atomic E-state index is 0.511. The highest BCUT2D eigenvalue weighted by Crippen LogP contribution is 2.18. The molecule has 0 spiro atoms. The molecular formula is C23H18N4O. The van der Waals surface area contributed by atoms with Crippen molar-refractivity contribution >= 4 is 11.4 Å². The molecule has 1 aliphatic heterocycles. The Hall–Kier alpha value is -3.99. The number of hydrogen-bond donors (Lipinski definition) is 1. The van der Waals surface area contributed by atoms with Gasteiger partial charge in [-0.1, -0.05) is 48.6 Å². The molecule has 0 bridgehead atoms. The molecule has 5 nitrogen and oxygen atoms in total. The molecule has 136 valence electrons. The predicted molar refractivity (Wildman–Crippen MR) is 108 cm³/mol. The Morgan fingerprint density at radius 1 is 0.964 bits per heavy atom. The molecule has 0 aromatic carbocycles. The van der Waals surface area contributed by atoms with Crippen LogP contribution in [0.2, 0.25) is 0 Å². The quantitative estimate of drug-likeness (QED) is 0.665. The largest absolute Gasteiger partial charge is 0.440 e. The molecule has 2 aromatic rings. The highest BCUT2D eigenvalue weighted by atomic mass is 16.5. The normalized spacial score (nSPS) is 21.5. The van der Waals surface area contributed by atoms with Gasteiger partial charge in [-0.3, -0.25) is 0 Å². The highest BCUT2D eigenvalue weighted by molar-refractivity contribution is 5.64. The zero-order valence-corrected chi connectivity index (χ0v) is 15.1. The number of nitrogens with zero attached hydrogens (tertiary/aromatic N) is 3. The van der Waals surface area contributed by atoms with E-state index in [2.05, 4.69) is 21.6 Å². The lowest BCUT2D eigenvalue weighted by Crippen LogP contribution is -2.31. The summed E-state index contributed by atoms with van der Waals surface area (Å²) in [5.41, 5.74) is 2.58. The molecule has 1 N–H and O–H groups in total. The van der Waals surface area contributed by atoms with Crippen LogP contribution in [-0.2, 0) is 0 Å². The Balaban J connectivity index is 1.61. The summed E-state index contributed by atoms with van der Waals surface area (Å²) in [6, 6.07) is 7.55. The molecule has 2 aromatic heterocycles. The molecule has 2 aliphatic rings. The summed E-state index contributed by atoms with van der Waals surface area (Å²) in [4.78, 5) is 8.67. The monoisotopic (exact) mass is 366 g/mol. The van der Waals surface area contributed by atoms with E-state index in [0.29, 0.717) is 11.6 Å². The van der Waals surface area contributed by atoms with E-state index in [-0.39, 0.29) is 0 Å². The summed E-state index contributed by atoms with van der Waals surface area (Å²) in [6.07, 6.45) is 27.8. The highest BCUT2D eigenvalue weighted by Gasteiger charge is 2.07. The lowest BCUT2D eigenvalue weighted by molar-refractivity contribution is -0.586. The second-order valence-corrected chi connectivity index (χ2v) is 5.90. The Bertz CT molecular complexity index is 1060. The summed E-state index contributed by atoms with van der Waals surface area (Å²) in [5.74, 6) is 1.17. The molecule has 4 rings (SSSR count). The van der Waals surface area contributed by atoms with Gasteiger partial charge in [0.15, 0.2) is 0 Å². The average Bonchev–Trinajstić information content (AvgIpc) is 3.00. The van der Waals surface area contributed by atoms with E-state index in [1.54, 1.807) is 10.8 Å². The lowest BCUT2D eigenvalue weighted by atomic mass is 10.2. The van der Waals surface area contributed by atoms with Gasteiger partial charge in [0.2, 0.25) is 5.88 Å². The third kappa shape index (κ3) is 4.40. The molecule has 0 radical (unpaired) electrons. The van der Waals surface area contributed by atoms with Crippen LogP contribution < -0.4 is 14.6 Å². The van der Waals surface area contributed by atoms with E-state index in [9.17, 15) is 0 Å². The number of rotatable bonds is 4. The van der Waals surface area contributed by atoms with E-state index < -0.39 is 0 Å². The molecule has 1 aliphatic carbocycles. The van der Waals surface area contributed by atoms with Gasteiger partial charge in [-0.05, 0) is 30.4 Å². The van der Waals surface area contributed by atoms with Gasteiger partial charge in [0.25, 0.3) is 6.33 Å². The molecule has 28 heavy (non-hydrogen) atoms. The first-order valence-electron chi connectivity index (χ1n) is 8.85. The number of allylic oxidation sites excluding steroid dienone is 11. The molecule has 0 atom stereocenters. The zero-order chi connectivity index (χ0) is 19.0. The van der Waals surface area contributed by atoms with E-state index in [1.807, 2.05) is 97.4 Å². The van der Waals surface area contributed by atoms with E-state index in [1.165, 1.54) is 0 Å². The molecule has 5 heteroatoms. The third-order valence-corrected chi connectivity index (χ3v) is 3.92. The van der Waals surface area contributed by atoms with Crippen LogP contribution in [0.4, 0.5) is 0 Å². The Morgan fingerprint density at radius 3 is 2.82 bits per heavy atom. The number of ether oxygens (including phenoxy) is 1. The molecule has 0 fully saturated rings. The molecule has 0 saturated carbocycles. The van der Waals surface area contributed by atoms with Crippen LogP contribution in [0.15, 0.2) is 109 Å². The van der Waals surface area contributed by atoms with Crippen LogP contribution in [0.25, 0.3) is 11.4 Å². The standard InChI is InChI=1S/C23H18N4O/c1-3-9-19(27-16-8-14-24-18-27)17-20(10-4-1)28-23-13-7-12-22(26-23)21-11-5-2-6-15-25-21/h1-17,25H/b3-1?,4-1-,9-3-,10-4?,19-9?,19-17+,20-10+,20-17?. The van der Waals surface area contributed by atoms with Crippen molar-refractivity contribution in [3.63, 3.8) is 0 Å². The van der Waals surface area contributed by atoms with Crippen molar-refractivity contribution in [2.75, 3.05) is 0 Å². The molecule has 0 unspecified atom stereocenters. The van der Waals surface area contributed by atoms with Crippen molar-refractivity contribution < 1.29 is 9.30 Å². The van der Waals surface area contributed by atoms with Crippen molar-refractivity contribution in [3.05, 3.63) is 121 Å². The summed E-state index contributed by atoms with van der Waals surface area (Å²) >= 11 is 0. The number of aromatic nitrogens is 3. The Kier molecular flexibility index (Phi) is 5.35. The summed E-state index contributed by atoms with van der Waals surface area (Å²) in [7, 11) is 0. The summed E-state index contributed by atoms with van der Waals surface area (Å²) in [6.45, 7) is 0. The maximum Gasteiger partial charge on any atom is 0.287 e. The smallest absolute Gasteiger partial charge is 0.287 e. The summed E-state index contributed by atoms with van der Waals surface area (Å²) in [5, 5.41) is 3.21. The van der Waals surface area contributed by atoms with E-state index >= 15 is 0 Å². The van der Waals surface area contributed by atoms with Gasteiger partial charge in [-0.2, -0.15) is 0 Å². The van der Waals surface area contributed by atoms with Crippen LogP contribution in [0, 0.1) is 6.33 Å². The van der Waals surface area contributed by atoms with Gasteiger partial charge >= 0.3 is 0 Å². The SMILES string of the molecule is [c-]1nccc[n+]1C1=C/C(Oc2cccc(C3=CC=CC=CN3)n2)=C\C=C/C=C\1. The Morgan fingerprint density at radius 2 is 1.89 bits per heavy atom. The average molecular weight is 366 g/mol. The second-order valence-electron chi connectivity index (χ2n) is 5.90. The van der Waals surface area contributed by atoms with Crippen molar-refractivity contribution in [3.8, 4) is 5.88 Å². The van der Waals surface area contributed by atoms with Crippen molar-refractivity contribution in [2.24, 2.45) is 0 Å². The van der Waals surface area contributed by atoms with Gasteiger partial charge in [-0.25, -0.2) is 4.98 Å². The zero-order valence-electron chi connectivity index (χ0n) is 15.1. The number of pyridine rings is 1. The fourth-order valence-corrected chi connectivity index (χ4v) is 2.62.